The number of hydrogen-bond acceptors (Lipinski definition) is 6. The minimum Gasteiger partial charge on any atom is -0.496 e. The Morgan fingerprint density at radius 1 is 0.944 bits per heavy atom. The van der Waals surface area contributed by atoms with Gasteiger partial charge < -0.3 is 14.6 Å². The van der Waals surface area contributed by atoms with Crippen molar-refractivity contribution in [2.75, 3.05) is 14.2 Å². The highest BCUT2D eigenvalue weighted by Crippen LogP contribution is 2.39. The van der Waals surface area contributed by atoms with Crippen LogP contribution in [0.1, 0.15) is 15.9 Å². The summed E-state index contributed by atoms with van der Waals surface area (Å²) < 4.78 is 35.0. The molecule has 3 N–H and O–H groups in total. The second-order valence-corrected chi connectivity index (χ2v) is 9.33. The first-order chi connectivity index (χ1) is 17.1. The number of ether oxygens (including phenoxy) is 2. The van der Waals surface area contributed by atoms with Crippen LogP contribution in [0.3, 0.4) is 0 Å². The van der Waals surface area contributed by atoms with Gasteiger partial charge in [0.1, 0.15) is 11.5 Å². The maximum absolute atomic E-state index is 12.7. The zero-order valence-electron chi connectivity index (χ0n) is 19.3. The molecule has 0 unspecified atom stereocenters. The molecule has 10 heteroatoms. The number of rotatable bonds is 7. The van der Waals surface area contributed by atoms with Crippen molar-refractivity contribution in [1.82, 2.24) is 4.57 Å². The predicted octanol–water partition coefficient (Wildman–Crippen LogP) is 4.40. The fraction of sp³-hybridized carbons (Fsp3) is 0.0769. The zero-order valence-corrected chi connectivity index (χ0v) is 20.2. The highest BCUT2D eigenvalue weighted by Gasteiger charge is 2.20. The number of fused-ring (bicyclic) bond motifs is 1. The summed E-state index contributed by atoms with van der Waals surface area (Å²) in [6.07, 6.45) is 1.69. The molecule has 0 aliphatic rings. The molecule has 4 aromatic rings. The summed E-state index contributed by atoms with van der Waals surface area (Å²) in [6.45, 7) is 0. The van der Waals surface area contributed by atoms with Crippen molar-refractivity contribution in [1.29, 1.82) is 0 Å². The number of aromatic nitrogens is 1. The van der Waals surface area contributed by atoms with Gasteiger partial charge >= 0.3 is 6.09 Å². The van der Waals surface area contributed by atoms with Crippen molar-refractivity contribution in [2.45, 2.75) is 4.90 Å². The molecular weight excluding hydrogens is 484 g/mol. The van der Waals surface area contributed by atoms with E-state index in [4.69, 9.17) is 14.6 Å². The maximum atomic E-state index is 12.7. The van der Waals surface area contributed by atoms with Crippen LogP contribution in [0.5, 0.6) is 11.5 Å². The van der Waals surface area contributed by atoms with Crippen LogP contribution in [0.15, 0.2) is 77.7 Å². The van der Waals surface area contributed by atoms with Crippen molar-refractivity contribution < 1.29 is 32.6 Å². The third-order valence-electron chi connectivity index (χ3n) is 5.61. The molecule has 36 heavy (non-hydrogen) atoms. The number of carboxylic acid groups (broad SMARTS) is 1. The van der Waals surface area contributed by atoms with E-state index in [0.29, 0.717) is 33.8 Å². The maximum Gasteiger partial charge on any atom is 0.416 e. The number of allylic oxidation sites excluding steroid dienone is 1. The molecule has 9 nitrogen and oxygen atoms in total. The van der Waals surface area contributed by atoms with Gasteiger partial charge in [0.2, 0.25) is 10.0 Å². The van der Waals surface area contributed by atoms with E-state index >= 15 is 0 Å². The standard InChI is InChI=1S/C26H22N2O7S/c1-34-24-15-25(35-2)20(22-14-17-5-3-4-6-21(17)28(22)26(30)31)13-18(24)9-12-23(29)16-7-10-19(11-8-16)36(27,32)33/h3-15H,1-2H3,(H,30,31)(H2,27,32,33)/b12-9+. The van der Waals surface area contributed by atoms with Crippen molar-refractivity contribution in [2.24, 2.45) is 5.14 Å². The molecule has 0 amide bonds. The third-order valence-corrected chi connectivity index (χ3v) is 6.54. The molecule has 0 atom stereocenters. The molecule has 0 spiro atoms. The minimum absolute atomic E-state index is 0.0988. The van der Waals surface area contributed by atoms with Crippen LogP contribution >= 0.6 is 0 Å². The number of carbonyl (C=O) groups is 2. The lowest BCUT2D eigenvalue weighted by Crippen LogP contribution is -2.12. The second-order valence-electron chi connectivity index (χ2n) is 7.77. The molecule has 0 saturated carbocycles. The lowest BCUT2D eigenvalue weighted by molar-refractivity contribution is 0.104. The molecule has 0 radical (unpaired) electrons. The number of nitrogens with zero attached hydrogens (tertiary/aromatic N) is 1. The van der Waals surface area contributed by atoms with E-state index in [1.54, 1.807) is 30.3 Å². The van der Waals surface area contributed by atoms with Gasteiger partial charge in [0.05, 0.1) is 30.3 Å². The molecular formula is C26H22N2O7S. The smallest absolute Gasteiger partial charge is 0.416 e. The number of para-hydroxylation sites is 1. The fourth-order valence-corrected chi connectivity index (χ4v) is 4.40. The summed E-state index contributed by atoms with van der Waals surface area (Å²) in [5.74, 6) is 0.413. The molecule has 3 aromatic carbocycles. The molecule has 1 heterocycles. The number of benzene rings is 3. The summed E-state index contributed by atoms with van der Waals surface area (Å²) in [6, 6.07) is 17.4. The van der Waals surface area contributed by atoms with Crippen LogP contribution in [-0.4, -0.2) is 44.2 Å². The van der Waals surface area contributed by atoms with Crippen LogP contribution < -0.4 is 14.6 Å². The first-order valence-corrected chi connectivity index (χ1v) is 12.1. The van der Waals surface area contributed by atoms with Crippen LogP contribution in [0.25, 0.3) is 28.2 Å². The van der Waals surface area contributed by atoms with E-state index in [1.165, 1.54) is 55.2 Å². The average molecular weight is 507 g/mol. The van der Waals surface area contributed by atoms with E-state index in [-0.39, 0.29) is 16.2 Å². The highest BCUT2D eigenvalue weighted by atomic mass is 32.2. The van der Waals surface area contributed by atoms with Gasteiger partial charge in [0.15, 0.2) is 5.78 Å². The summed E-state index contributed by atoms with van der Waals surface area (Å²) in [5.41, 5.74) is 2.17. The minimum atomic E-state index is -3.87. The molecule has 0 aliphatic carbocycles. The Morgan fingerprint density at radius 3 is 2.22 bits per heavy atom. The molecule has 4 rings (SSSR count). The Kier molecular flexibility index (Phi) is 6.65. The molecule has 0 saturated heterocycles. The van der Waals surface area contributed by atoms with Gasteiger partial charge in [-0.25, -0.2) is 22.9 Å². The summed E-state index contributed by atoms with van der Waals surface area (Å²) in [7, 11) is -0.934. The highest BCUT2D eigenvalue weighted by molar-refractivity contribution is 7.89. The van der Waals surface area contributed by atoms with Gasteiger partial charge in [0, 0.05) is 28.1 Å². The van der Waals surface area contributed by atoms with Gasteiger partial charge in [-0.1, -0.05) is 18.2 Å². The molecule has 0 bridgehead atoms. The first kappa shape index (κ1) is 24.7. The van der Waals surface area contributed by atoms with Crippen molar-refractivity contribution in [3.8, 4) is 22.8 Å². The lowest BCUT2D eigenvalue weighted by Gasteiger charge is -2.14. The Hall–Kier alpha value is -4.41. The monoisotopic (exact) mass is 506 g/mol. The van der Waals surface area contributed by atoms with E-state index in [1.807, 2.05) is 12.1 Å². The van der Waals surface area contributed by atoms with E-state index in [2.05, 4.69) is 0 Å². The number of sulfonamides is 1. The number of ketones is 1. The van der Waals surface area contributed by atoms with Crippen molar-refractivity contribution in [3.63, 3.8) is 0 Å². The van der Waals surface area contributed by atoms with Crippen LogP contribution in [0, 0.1) is 0 Å². The summed E-state index contributed by atoms with van der Waals surface area (Å²) >= 11 is 0. The molecule has 1 aromatic heterocycles. The lowest BCUT2D eigenvalue weighted by atomic mass is 10.0. The second kappa shape index (κ2) is 9.68. The van der Waals surface area contributed by atoms with Crippen LogP contribution in [0.4, 0.5) is 4.79 Å². The Morgan fingerprint density at radius 2 is 1.61 bits per heavy atom. The number of carbonyl (C=O) groups excluding carboxylic acids is 1. The van der Waals surface area contributed by atoms with Gasteiger partial charge in [-0.2, -0.15) is 0 Å². The molecule has 0 aliphatic heterocycles. The number of methoxy groups -OCH3 is 2. The molecule has 0 fully saturated rings. The van der Waals surface area contributed by atoms with Crippen LogP contribution in [0.2, 0.25) is 0 Å². The number of hydrogen-bond donors (Lipinski definition) is 2. The first-order valence-electron chi connectivity index (χ1n) is 10.6. The van der Waals surface area contributed by atoms with E-state index < -0.39 is 16.1 Å². The zero-order chi connectivity index (χ0) is 26.0. The number of primary sulfonamides is 1. The van der Waals surface area contributed by atoms with E-state index in [9.17, 15) is 23.1 Å². The van der Waals surface area contributed by atoms with Crippen molar-refractivity contribution in [3.05, 3.63) is 83.9 Å². The normalized spacial score (nSPS) is 11.6. The molecule has 184 valence electrons. The van der Waals surface area contributed by atoms with Gasteiger partial charge in [0.25, 0.3) is 0 Å². The number of nitrogens with two attached hydrogens (primary N) is 1. The van der Waals surface area contributed by atoms with E-state index in [0.717, 1.165) is 5.39 Å². The average Bonchev–Trinajstić information content (AvgIpc) is 3.26. The Bertz CT molecular complexity index is 1620. The SMILES string of the molecule is COc1cc(OC)c(-c2cc3ccccc3n2C(=O)O)cc1/C=C/C(=O)c1ccc(S(N)(=O)=O)cc1. The largest absolute Gasteiger partial charge is 0.496 e. The fourth-order valence-electron chi connectivity index (χ4n) is 3.88. The summed E-state index contributed by atoms with van der Waals surface area (Å²) in [5, 5.41) is 15.8. The topological polar surface area (TPSA) is 138 Å². The third kappa shape index (κ3) is 4.72. The van der Waals surface area contributed by atoms with Gasteiger partial charge in [-0.15, -0.1) is 0 Å². The Balaban J connectivity index is 1.79. The quantitative estimate of drug-likeness (QED) is 0.280. The van der Waals surface area contributed by atoms with Gasteiger partial charge in [-0.3, -0.25) is 4.79 Å². The van der Waals surface area contributed by atoms with Crippen molar-refractivity contribution >= 4 is 38.9 Å². The van der Waals surface area contributed by atoms with Crippen LogP contribution in [-0.2, 0) is 10.0 Å². The predicted molar refractivity (Wildman–Crippen MR) is 135 cm³/mol. The summed E-state index contributed by atoms with van der Waals surface area (Å²) in [4.78, 5) is 24.7. The van der Waals surface area contributed by atoms with Gasteiger partial charge in [-0.05, 0) is 54.6 Å². The Labute approximate surface area is 207 Å².